The van der Waals surface area contributed by atoms with Crippen molar-refractivity contribution in [2.45, 2.75) is 4.90 Å². The predicted octanol–water partition coefficient (Wildman–Crippen LogP) is 1.59. The largest absolute Gasteiger partial charge is 0.244 e. The van der Waals surface area contributed by atoms with Crippen molar-refractivity contribution in [3.8, 4) is 0 Å². The lowest BCUT2D eigenvalue weighted by Gasteiger charge is -2.11. The summed E-state index contributed by atoms with van der Waals surface area (Å²) in [5, 5.41) is 0.246. The van der Waals surface area contributed by atoms with Crippen molar-refractivity contribution in [2.24, 2.45) is 0 Å². The maximum atomic E-state index is 11.6. The molecule has 0 aliphatic rings. The maximum absolute atomic E-state index is 11.6. The summed E-state index contributed by atoms with van der Waals surface area (Å²) in [6.45, 7) is 0. The Kier molecular flexibility index (Phi) is 2.95. The van der Waals surface area contributed by atoms with Crippen molar-refractivity contribution in [3.63, 3.8) is 0 Å². The Balaban J connectivity index is 3.32. The number of sulfonamides is 1. The van der Waals surface area contributed by atoms with Crippen LogP contribution in [0.3, 0.4) is 0 Å². The number of hydrogen-bond acceptors (Lipinski definition) is 2. The predicted molar refractivity (Wildman–Crippen MR) is 52.3 cm³/mol. The minimum atomic E-state index is -3.41. The highest BCUT2D eigenvalue weighted by atomic mass is 35.5. The van der Waals surface area contributed by atoms with E-state index in [0.29, 0.717) is 0 Å². The molecule has 13 heavy (non-hydrogen) atoms. The van der Waals surface area contributed by atoms with E-state index in [9.17, 15) is 8.42 Å². The van der Waals surface area contributed by atoms with E-state index < -0.39 is 10.0 Å². The number of hydrogen-bond donors (Lipinski definition) is 0. The van der Waals surface area contributed by atoms with Gasteiger partial charge < -0.3 is 0 Å². The van der Waals surface area contributed by atoms with Gasteiger partial charge >= 0.3 is 0 Å². The highest BCUT2D eigenvalue weighted by molar-refractivity contribution is 7.89. The smallest absolute Gasteiger partial charge is 0.207 e. The van der Waals surface area contributed by atoms with Gasteiger partial charge in [0.1, 0.15) is 4.90 Å². The summed E-state index contributed by atoms with van der Waals surface area (Å²) < 4.78 is 24.3. The third kappa shape index (κ3) is 2.02. The van der Waals surface area contributed by atoms with Crippen molar-refractivity contribution < 1.29 is 8.42 Å². The van der Waals surface area contributed by atoms with Gasteiger partial charge in [0.2, 0.25) is 10.0 Å². The summed E-state index contributed by atoms with van der Waals surface area (Å²) in [7, 11) is -0.464. The Morgan fingerprint density at radius 2 is 1.77 bits per heavy atom. The van der Waals surface area contributed by atoms with Gasteiger partial charge in [-0.05, 0) is 12.1 Å². The van der Waals surface area contributed by atoms with Crippen molar-refractivity contribution in [1.82, 2.24) is 4.31 Å². The quantitative estimate of drug-likeness (QED) is 0.758. The van der Waals surface area contributed by atoms with Crippen LogP contribution >= 0.6 is 11.6 Å². The molecule has 0 bridgehead atoms. The molecule has 0 spiro atoms. The van der Waals surface area contributed by atoms with Gasteiger partial charge in [-0.25, -0.2) is 12.7 Å². The number of nitrogens with zero attached hydrogens (tertiary/aromatic N) is 1. The zero-order valence-electron chi connectivity index (χ0n) is 7.36. The zero-order chi connectivity index (χ0) is 10.1. The lowest BCUT2D eigenvalue weighted by molar-refractivity contribution is 0.521. The van der Waals surface area contributed by atoms with E-state index in [1.807, 2.05) is 0 Å². The molecule has 0 aliphatic carbocycles. The number of rotatable bonds is 2. The van der Waals surface area contributed by atoms with Gasteiger partial charge in [0.25, 0.3) is 0 Å². The Hall–Kier alpha value is -0.580. The minimum absolute atomic E-state index is 0.140. The first-order chi connectivity index (χ1) is 5.96. The lowest BCUT2D eigenvalue weighted by atomic mass is 10.4. The first kappa shape index (κ1) is 10.5. The molecular weight excluding hydrogens is 210 g/mol. The highest BCUT2D eigenvalue weighted by Crippen LogP contribution is 2.22. The summed E-state index contributed by atoms with van der Waals surface area (Å²) in [6, 6.07) is 6.37. The van der Waals surface area contributed by atoms with E-state index in [1.165, 1.54) is 20.2 Å². The van der Waals surface area contributed by atoms with Gasteiger partial charge in [-0.1, -0.05) is 23.7 Å². The van der Waals surface area contributed by atoms with E-state index >= 15 is 0 Å². The van der Waals surface area contributed by atoms with Gasteiger partial charge in [-0.2, -0.15) is 0 Å². The van der Waals surface area contributed by atoms with Crippen LogP contribution in [0.15, 0.2) is 29.2 Å². The van der Waals surface area contributed by atoms with Crippen LogP contribution in [0.25, 0.3) is 0 Å². The molecule has 0 N–H and O–H groups in total. The van der Waals surface area contributed by atoms with Crippen LogP contribution in [0.4, 0.5) is 0 Å². The zero-order valence-corrected chi connectivity index (χ0v) is 8.93. The second-order valence-electron chi connectivity index (χ2n) is 2.72. The van der Waals surface area contributed by atoms with Crippen molar-refractivity contribution in [3.05, 3.63) is 29.3 Å². The van der Waals surface area contributed by atoms with Crippen LogP contribution in [0.5, 0.6) is 0 Å². The van der Waals surface area contributed by atoms with Crippen molar-refractivity contribution in [1.29, 1.82) is 0 Å². The van der Waals surface area contributed by atoms with E-state index in [0.717, 1.165) is 4.31 Å². The lowest BCUT2D eigenvalue weighted by Crippen LogP contribution is -2.22. The summed E-state index contributed by atoms with van der Waals surface area (Å²) in [4.78, 5) is 0.140. The van der Waals surface area contributed by atoms with Crippen molar-refractivity contribution >= 4 is 21.6 Å². The Bertz CT molecular complexity index is 400. The fourth-order valence-corrected chi connectivity index (χ4v) is 2.24. The molecule has 0 unspecified atom stereocenters. The molecular formula is C8H10ClNO2S. The van der Waals surface area contributed by atoms with E-state index in [1.54, 1.807) is 18.2 Å². The second-order valence-corrected chi connectivity index (χ2v) is 5.25. The topological polar surface area (TPSA) is 37.4 Å². The molecule has 0 fully saturated rings. The number of benzene rings is 1. The van der Waals surface area contributed by atoms with Gasteiger partial charge in [-0.3, -0.25) is 0 Å². The average Bonchev–Trinajstić information content (AvgIpc) is 2.04. The molecule has 5 heteroatoms. The Morgan fingerprint density at radius 3 is 2.23 bits per heavy atom. The average molecular weight is 220 g/mol. The summed E-state index contributed by atoms with van der Waals surface area (Å²) in [5.41, 5.74) is 0. The Morgan fingerprint density at radius 1 is 1.23 bits per heavy atom. The van der Waals surface area contributed by atoms with E-state index in [-0.39, 0.29) is 9.92 Å². The molecule has 1 aromatic carbocycles. The molecule has 0 atom stereocenters. The third-order valence-corrected chi connectivity index (χ3v) is 3.91. The molecule has 0 heterocycles. The third-order valence-electron chi connectivity index (χ3n) is 1.60. The van der Waals surface area contributed by atoms with Crippen LogP contribution in [-0.2, 0) is 10.0 Å². The molecule has 0 saturated heterocycles. The first-order valence-corrected chi connectivity index (χ1v) is 5.45. The molecule has 72 valence electrons. The number of halogens is 1. The van der Waals surface area contributed by atoms with Crippen LogP contribution in [-0.4, -0.2) is 26.8 Å². The van der Waals surface area contributed by atoms with Gasteiger partial charge in [0.15, 0.2) is 0 Å². The molecule has 0 amide bonds. The normalized spacial score (nSPS) is 12.0. The summed E-state index contributed by atoms with van der Waals surface area (Å²) >= 11 is 5.75. The van der Waals surface area contributed by atoms with E-state index in [4.69, 9.17) is 11.6 Å². The van der Waals surface area contributed by atoms with Crippen LogP contribution in [0, 0.1) is 0 Å². The van der Waals surface area contributed by atoms with Crippen LogP contribution in [0.2, 0.25) is 5.02 Å². The summed E-state index contributed by atoms with van der Waals surface area (Å²) in [6.07, 6.45) is 0. The fraction of sp³-hybridized carbons (Fsp3) is 0.250. The van der Waals surface area contributed by atoms with E-state index in [2.05, 4.69) is 0 Å². The van der Waals surface area contributed by atoms with Gasteiger partial charge in [0, 0.05) is 14.1 Å². The molecule has 0 radical (unpaired) electrons. The Labute approximate surface area is 83.0 Å². The molecule has 0 aromatic heterocycles. The van der Waals surface area contributed by atoms with Gasteiger partial charge in [0.05, 0.1) is 5.02 Å². The monoisotopic (exact) mass is 219 g/mol. The molecule has 3 nitrogen and oxygen atoms in total. The molecule has 0 aliphatic heterocycles. The molecule has 1 aromatic rings. The first-order valence-electron chi connectivity index (χ1n) is 3.63. The standard InChI is InChI=1S/C8H10ClNO2S/c1-10(2)13(11,12)8-6-4-3-5-7(8)9/h3-6H,1-2H3. The molecule has 1 rings (SSSR count). The molecule has 0 saturated carbocycles. The SMILES string of the molecule is CN(C)S(=O)(=O)c1ccccc1Cl. The van der Waals surface area contributed by atoms with Crippen molar-refractivity contribution in [2.75, 3.05) is 14.1 Å². The van der Waals surface area contributed by atoms with Gasteiger partial charge in [-0.15, -0.1) is 0 Å². The highest BCUT2D eigenvalue weighted by Gasteiger charge is 2.19. The fourth-order valence-electron chi connectivity index (χ4n) is 0.851. The van der Waals surface area contributed by atoms with Crippen LogP contribution in [0.1, 0.15) is 0 Å². The minimum Gasteiger partial charge on any atom is -0.207 e. The maximum Gasteiger partial charge on any atom is 0.244 e. The summed E-state index contributed by atoms with van der Waals surface area (Å²) in [5.74, 6) is 0. The van der Waals surface area contributed by atoms with Crippen LogP contribution < -0.4 is 0 Å². The second kappa shape index (κ2) is 3.65.